The first-order chi connectivity index (χ1) is 14.4. The average molecular weight is 422 g/mol. The number of rotatable bonds is 4. The Morgan fingerprint density at radius 2 is 1.73 bits per heavy atom. The Labute approximate surface area is 178 Å². The highest BCUT2D eigenvalue weighted by atomic mass is 35.5. The van der Waals surface area contributed by atoms with Crippen molar-refractivity contribution >= 4 is 29.3 Å². The van der Waals surface area contributed by atoms with Crippen LogP contribution in [-0.2, 0) is 5.41 Å². The van der Waals surface area contributed by atoms with Crippen LogP contribution in [0.25, 0.3) is 11.1 Å². The number of amidine groups is 1. The summed E-state index contributed by atoms with van der Waals surface area (Å²) in [4.78, 5) is 24.8. The number of nitrogens with zero attached hydrogens (tertiary/aromatic N) is 3. The van der Waals surface area contributed by atoms with Gasteiger partial charge in [0.2, 0.25) is 5.95 Å². The molecule has 0 radical (unpaired) electrons. The lowest BCUT2D eigenvalue weighted by Crippen LogP contribution is -2.47. The van der Waals surface area contributed by atoms with E-state index in [1.807, 2.05) is 24.3 Å². The van der Waals surface area contributed by atoms with E-state index in [4.69, 9.17) is 23.1 Å². The fourth-order valence-corrected chi connectivity index (χ4v) is 3.79. The molecule has 5 N–H and O–H groups in total. The van der Waals surface area contributed by atoms with Gasteiger partial charge >= 0.3 is 0 Å². The molecule has 8 heteroatoms. The molecule has 0 aliphatic heterocycles. The third kappa shape index (κ3) is 3.59. The van der Waals surface area contributed by atoms with Crippen LogP contribution in [0.2, 0.25) is 5.02 Å². The zero-order valence-corrected chi connectivity index (χ0v) is 16.8. The van der Waals surface area contributed by atoms with Crippen LogP contribution in [0, 0.1) is 0 Å². The van der Waals surface area contributed by atoms with Crippen molar-refractivity contribution in [3.8, 4) is 16.9 Å². The number of carbonyl (C=O) groups excluding carboxylic acids is 1. The summed E-state index contributed by atoms with van der Waals surface area (Å²) < 4.78 is 0. The molecule has 1 amide bonds. The van der Waals surface area contributed by atoms with Crippen molar-refractivity contribution in [1.82, 2.24) is 9.97 Å². The van der Waals surface area contributed by atoms with Crippen molar-refractivity contribution in [2.75, 3.05) is 5.73 Å². The molecule has 4 rings (SSSR count). The number of carbonyl (C=O) groups is 1. The Morgan fingerprint density at radius 3 is 2.30 bits per heavy atom. The van der Waals surface area contributed by atoms with Gasteiger partial charge < -0.3 is 16.6 Å². The van der Waals surface area contributed by atoms with E-state index >= 15 is 0 Å². The molecule has 3 aromatic rings. The normalized spacial score (nSPS) is 15.4. The number of benzene rings is 2. The van der Waals surface area contributed by atoms with Crippen LogP contribution in [0.3, 0.4) is 0 Å². The number of aromatic hydroxyl groups is 1. The van der Waals surface area contributed by atoms with Gasteiger partial charge in [0.15, 0.2) is 0 Å². The zero-order chi connectivity index (χ0) is 21.3. The molecule has 1 aliphatic carbocycles. The molecule has 1 fully saturated rings. The minimum Gasteiger partial charge on any atom is -0.506 e. The van der Waals surface area contributed by atoms with Crippen LogP contribution in [0.1, 0.15) is 35.2 Å². The molecule has 0 atom stereocenters. The number of hydrogen-bond donors (Lipinski definition) is 3. The average Bonchev–Trinajstić information content (AvgIpc) is 2.70. The number of anilines is 1. The summed E-state index contributed by atoms with van der Waals surface area (Å²) in [5.41, 5.74) is 14.5. The molecule has 0 unspecified atom stereocenters. The predicted molar refractivity (Wildman–Crippen MR) is 116 cm³/mol. The number of aliphatic imine (C=N–C) groups is 1. The zero-order valence-electron chi connectivity index (χ0n) is 16.0. The second-order valence-electron chi connectivity index (χ2n) is 7.31. The maximum Gasteiger partial charge on any atom is 0.278 e. The van der Waals surface area contributed by atoms with Gasteiger partial charge in [-0.15, -0.1) is 0 Å². The SMILES string of the molecule is NC(=NC(=O)c1ccc(O)c(Cl)c1)C1(c2ccc(-c3cnc(N)nc3)cc2)CCC1. The molecule has 7 nitrogen and oxygen atoms in total. The summed E-state index contributed by atoms with van der Waals surface area (Å²) in [6, 6.07) is 12.1. The fourth-order valence-electron chi connectivity index (χ4n) is 3.61. The molecule has 0 spiro atoms. The van der Waals surface area contributed by atoms with E-state index in [0.717, 1.165) is 36.0 Å². The first-order valence-electron chi connectivity index (χ1n) is 9.45. The lowest BCUT2D eigenvalue weighted by atomic mass is 9.63. The molecule has 1 aromatic heterocycles. The summed E-state index contributed by atoms with van der Waals surface area (Å²) in [7, 11) is 0. The van der Waals surface area contributed by atoms with E-state index in [-0.39, 0.29) is 28.1 Å². The highest BCUT2D eigenvalue weighted by Crippen LogP contribution is 2.44. The number of phenols is 1. The summed E-state index contributed by atoms with van der Waals surface area (Å²) in [5.74, 6) is -0.0672. The molecule has 1 heterocycles. The van der Waals surface area contributed by atoms with Gasteiger partial charge in [-0.25, -0.2) is 9.97 Å². The van der Waals surface area contributed by atoms with E-state index < -0.39 is 11.3 Å². The number of hydrogen-bond acceptors (Lipinski definition) is 5. The number of nitrogen functional groups attached to an aromatic ring is 1. The topological polar surface area (TPSA) is 127 Å². The van der Waals surface area contributed by atoms with Gasteiger partial charge in [0.25, 0.3) is 5.91 Å². The summed E-state index contributed by atoms with van der Waals surface area (Å²) in [5, 5.41) is 9.63. The van der Waals surface area contributed by atoms with E-state index in [1.54, 1.807) is 12.4 Å². The first kappa shape index (κ1) is 19.8. The van der Waals surface area contributed by atoms with Crippen molar-refractivity contribution in [3.63, 3.8) is 0 Å². The Morgan fingerprint density at radius 1 is 1.07 bits per heavy atom. The van der Waals surface area contributed by atoms with Crippen molar-refractivity contribution in [1.29, 1.82) is 0 Å². The summed E-state index contributed by atoms with van der Waals surface area (Å²) in [6.07, 6.45) is 5.98. The molecule has 1 aliphatic rings. The second kappa shape index (κ2) is 7.76. The molecular weight excluding hydrogens is 402 g/mol. The number of halogens is 1. The van der Waals surface area contributed by atoms with E-state index in [9.17, 15) is 9.90 Å². The van der Waals surface area contributed by atoms with E-state index in [1.165, 1.54) is 18.2 Å². The fraction of sp³-hybridized carbons (Fsp3) is 0.182. The molecule has 0 saturated heterocycles. The molecule has 2 aromatic carbocycles. The molecule has 1 saturated carbocycles. The van der Waals surface area contributed by atoms with Crippen LogP contribution in [0.4, 0.5) is 5.95 Å². The second-order valence-corrected chi connectivity index (χ2v) is 7.72. The highest BCUT2D eigenvalue weighted by Gasteiger charge is 2.42. The Bertz CT molecular complexity index is 1120. The van der Waals surface area contributed by atoms with Crippen LogP contribution in [0.5, 0.6) is 5.75 Å². The third-order valence-corrected chi connectivity index (χ3v) is 5.86. The van der Waals surface area contributed by atoms with Gasteiger partial charge in [0, 0.05) is 23.5 Å². The molecule has 30 heavy (non-hydrogen) atoms. The van der Waals surface area contributed by atoms with Crippen LogP contribution in [-0.4, -0.2) is 26.8 Å². The lowest BCUT2D eigenvalue weighted by molar-refractivity contribution is 0.100. The number of phenolic OH excluding ortho intramolecular Hbond substituents is 1. The lowest BCUT2D eigenvalue weighted by Gasteiger charge is -2.41. The predicted octanol–water partition coefficient (Wildman–Crippen LogP) is 3.70. The minimum absolute atomic E-state index is 0.0905. The number of aromatic nitrogens is 2. The highest BCUT2D eigenvalue weighted by molar-refractivity contribution is 6.32. The van der Waals surface area contributed by atoms with Gasteiger partial charge in [0.1, 0.15) is 11.6 Å². The van der Waals surface area contributed by atoms with Crippen LogP contribution in [0.15, 0.2) is 59.9 Å². The van der Waals surface area contributed by atoms with Crippen LogP contribution < -0.4 is 11.5 Å². The summed E-state index contributed by atoms with van der Waals surface area (Å²) in [6.45, 7) is 0. The van der Waals surface area contributed by atoms with Crippen molar-refractivity contribution in [2.24, 2.45) is 10.7 Å². The Balaban J connectivity index is 1.61. The van der Waals surface area contributed by atoms with Gasteiger partial charge in [-0.3, -0.25) is 4.79 Å². The Kier molecular flexibility index (Phi) is 5.13. The number of amides is 1. The smallest absolute Gasteiger partial charge is 0.278 e. The van der Waals surface area contributed by atoms with Crippen LogP contribution >= 0.6 is 11.6 Å². The van der Waals surface area contributed by atoms with Gasteiger partial charge in [-0.05, 0) is 42.2 Å². The largest absolute Gasteiger partial charge is 0.506 e. The van der Waals surface area contributed by atoms with Crippen molar-refractivity contribution in [3.05, 3.63) is 71.0 Å². The van der Waals surface area contributed by atoms with E-state index in [2.05, 4.69) is 15.0 Å². The minimum atomic E-state index is -0.490. The van der Waals surface area contributed by atoms with Gasteiger partial charge in [0.05, 0.1) is 10.4 Å². The molecule has 0 bridgehead atoms. The van der Waals surface area contributed by atoms with Gasteiger partial charge in [-0.2, -0.15) is 4.99 Å². The van der Waals surface area contributed by atoms with Crippen molar-refractivity contribution < 1.29 is 9.90 Å². The quantitative estimate of drug-likeness (QED) is 0.435. The Hall–Kier alpha value is -3.45. The monoisotopic (exact) mass is 421 g/mol. The molecule has 152 valence electrons. The van der Waals surface area contributed by atoms with Crippen molar-refractivity contribution in [2.45, 2.75) is 24.7 Å². The van der Waals surface area contributed by atoms with E-state index in [0.29, 0.717) is 0 Å². The molecular formula is C22H20ClN5O2. The standard InChI is InChI=1S/C22H20ClN5O2/c23-17-10-14(4-7-18(17)29)19(30)28-20(24)22(8-1-9-22)16-5-2-13(3-6-16)15-11-26-21(25)27-12-15/h2-7,10-12,29H,1,8-9H2,(H2,24,28,30)(H2,25,26,27). The maximum atomic E-state index is 12.6. The third-order valence-electron chi connectivity index (χ3n) is 5.56. The number of nitrogens with two attached hydrogens (primary N) is 2. The van der Waals surface area contributed by atoms with Gasteiger partial charge in [-0.1, -0.05) is 42.3 Å². The summed E-state index contributed by atoms with van der Waals surface area (Å²) >= 11 is 5.89. The maximum absolute atomic E-state index is 12.6. The first-order valence-corrected chi connectivity index (χ1v) is 9.83.